The molecule has 2 heterocycles. The van der Waals surface area contributed by atoms with Crippen molar-refractivity contribution in [3.05, 3.63) is 18.2 Å². The summed E-state index contributed by atoms with van der Waals surface area (Å²) in [6.07, 6.45) is 6.35. The molecule has 5 nitrogen and oxygen atoms in total. The van der Waals surface area contributed by atoms with Gasteiger partial charge in [-0.1, -0.05) is 13.8 Å². The summed E-state index contributed by atoms with van der Waals surface area (Å²) in [4.78, 5) is 11.5. The Morgan fingerprint density at radius 1 is 1.48 bits per heavy atom. The molecule has 118 valence electrons. The van der Waals surface area contributed by atoms with Gasteiger partial charge in [-0.2, -0.15) is 0 Å². The lowest BCUT2D eigenvalue weighted by atomic mass is 9.87. The predicted octanol–water partition coefficient (Wildman–Crippen LogP) is 2.28. The number of nitrogens with zero attached hydrogens (tertiary/aromatic N) is 4. The molecular formula is C16H29N5. The molecule has 1 aliphatic rings. The molecule has 1 unspecified atom stereocenters. The Morgan fingerprint density at radius 2 is 2.29 bits per heavy atom. The Hall–Kier alpha value is -1.52. The SMILES string of the molecule is CCNC(=NCCn1ccnc1C)N1CCC(C)(CC)C1. The Bertz CT molecular complexity index is 479. The van der Waals surface area contributed by atoms with Crippen molar-refractivity contribution in [2.45, 2.75) is 47.1 Å². The van der Waals surface area contributed by atoms with Crippen LogP contribution in [0.5, 0.6) is 0 Å². The minimum absolute atomic E-state index is 0.442. The molecule has 2 rings (SSSR count). The van der Waals surface area contributed by atoms with Crippen molar-refractivity contribution >= 4 is 5.96 Å². The molecule has 5 heteroatoms. The molecule has 0 spiro atoms. The van der Waals surface area contributed by atoms with Crippen LogP contribution in [0.4, 0.5) is 0 Å². The van der Waals surface area contributed by atoms with Crippen LogP contribution in [0.2, 0.25) is 0 Å². The number of imidazole rings is 1. The third kappa shape index (κ3) is 3.99. The highest BCUT2D eigenvalue weighted by Gasteiger charge is 2.33. The molecule has 1 atom stereocenters. The average molecular weight is 291 g/mol. The van der Waals surface area contributed by atoms with Crippen LogP contribution in [-0.4, -0.2) is 46.6 Å². The topological polar surface area (TPSA) is 45.5 Å². The number of aryl methyl sites for hydroxylation is 1. The van der Waals surface area contributed by atoms with Gasteiger partial charge in [-0.05, 0) is 32.1 Å². The smallest absolute Gasteiger partial charge is 0.193 e. The van der Waals surface area contributed by atoms with Crippen molar-refractivity contribution in [2.24, 2.45) is 10.4 Å². The molecule has 1 aliphatic heterocycles. The van der Waals surface area contributed by atoms with Crippen LogP contribution >= 0.6 is 0 Å². The Balaban J connectivity index is 1.95. The van der Waals surface area contributed by atoms with Gasteiger partial charge in [0.25, 0.3) is 0 Å². The number of hydrogen-bond donors (Lipinski definition) is 1. The van der Waals surface area contributed by atoms with Crippen LogP contribution < -0.4 is 5.32 Å². The summed E-state index contributed by atoms with van der Waals surface area (Å²) in [5, 5.41) is 3.43. The third-order valence-corrected chi connectivity index (χ3v) is 4.57. The zero-order chi connectivity index (χ0) is 15.3. The number of nitrogens with one attached hydrogen (secondary N) is 1. The second-order valence-corrected chi connectivity index (χ2v) is 6.24. The summed E-state index contributed by atoms with van der Waals surface area (Å²) in [6, 6.07) is 0. The van der Waals surface area contributed by atoms with E-state index in [0.29, 0.717) is 5.41 Å². The number of guanidine groups is 1. The van der Waals surface area contributed by atoms with Gasteiger partial charge in [-0.15, -0.1) is 0 Å². The number of aromatic nitrogens is 2. The minimum Gasteiger partial charge on any atom is -0.357 e. The van der Waals surface area contributed by atoms with Crippen molar-refractivity contribution in [1.29, 1.82) is 0 Å². The normalized spacial score (nSPS) is 22.9. The van der Waals surface area contributed by atoms with Crippen LogP contribution in [0.3, 0.4) is 0 Å². The van der Waals surface area contributed by atoms with Crippen LogP contribution in [-0.2, 0) is 6.54 Å². The monoisotopic (exact) mass is 291 g/mol. The Kier molecular flexibility index (Phi) is 5.26. The van der Waals surface area contributed by atoms with Gasteiger partial charge in [0.15, 0.2) is 5.96 Å². The van der Waals surface area contributed by atoms with Crippen molar-refractivity contribution in [3.63, 3.8) is 0 Å². The fourth-order valence-electron chi connectivity index (χ4n) is 2.82. The fraction of sp³-hybridized carbons (Fsp3) is 0.750. The van der Waals surface area contributed by atoms with Crippen LogP contribution in [0, 0.1) is 12.3 Å². The van der Waals surface area contributed by atoms with E-state index in [9.17, 15) is 0 Å². The summed E-state index contributed by atoms with van der Waals surface area (Å²) in [5.74, 6) is 2.11. The van der Waals surface area contributed by atoms with Gasteiger partial charge in [0.2, 0.25) is 0 Å². The maximum atomic E-state index is 4.79. The van der Waals surface area contributed by atoms with Gasteiger partial charge in [0.1, 0.15) is 5.82 Å². The Morgan fingerprint density at radius 3 is 2.86 bits per heavy atom. The highest BCUT2D eigenvalue weighted by molar-refractivity contribution is 5.80. The van der Waals surface area contributed by atoms with E-state index in [1.165, 1.54) is 12.8 Å². The van der Waals surface area contributed by atoms with Gasteiger partial charge < -0.3 is 14.8 Å². The minimum atomic E-state index is 0.442. The first-order valence-corrected chi connectivity index (χ1v) is 8.09. The van der Waals surface area contributed by atoms with Crippen molar-refractivity contribution in [1.82, 2.24) is 19.8 Å². The second kappa shape index (κ2) is 6.96. The number of likely N-dealkylation sites (tertiary alicyclic amines) is 1. The highest BCUT2D eigenvalue weighted by atomic mass is 15.3. The predicted molar refractivity (Wildman–Crippen MR) is 87.5 cm³/mol. The first-order chi connectivity index (χ1) is 10.1. The summed E-state index contributed by atoms with van der Waals surface area (Å²) >= 11 is 0. The van der Waals surface area contributed by atoms with E-state index < -0.39 is 0 Å². The molecule has 1 fully saturated rings. The molecule has 1 saturated heterocycles. The standard InChI is InChI=1S/C16H29N5/c1-5-16(4)7-10-21(13-16)15(17-6-2)19-9-12-20-11-8-18-14(20)3/h8,11H,5-7,9-10,12-13H2,1-4H3,(H,17,19). The van der Waals surface area contributed by atoms with Gasteiger partial charge >= 0.3 is 0 Å². The molecule has 0 aromatic carbocycles. The van der Waals surface area contributed by atoms with Crippen molar-refractivity contribution < 1.29 is 0 Å². The largest absolute Gasteiger partial charge is 0.357 e. The molecule has 0 bridgehead atoms. The number of hydrogen-bond acceptors (Lipinski definition) is 2. The van der Waals surface area contributed by atoms with Crippen molar-refractivity contribution in [3.8, 4) is 0 Å². The van der Waals surface area contributed by atoms with Crippen LogP contribution in [0.1, 0.15) is 39.4 Å². The molecular weight excluding hydrogens is 262 g/mol. The van der Waals surface area contributed by atoms with E-state index >= 15 is 0 Å². The fourth-order valence-corrected chi connectivity index (χ4v) is 2.82. The average Bonchev–Trinajstić information content (AvgIpc) is 3.05. The number of rotatable bonds is 5. The van der Waals surface area contributed by atoms with Crippen molar-refractivity contribution in [2.75, 3.05) is 26.2 Å². The van der Waals surface area contributed by atoms with Gasteiger partial charge in [-0.25, -0.2) is 4.98 Å². The van der Waals surface area contributed by atoms with E-state index in [1.807, 2.05) is 19.3 Å². The summed E-state index contributed by atoms with van der Waals surface area (Å²) in [5.41, 5.74) is 0.442. The van der Waals surface area contributed by atoms with E-state index in [2.05, 4.69) is 40.5 Å². The lowest BCUT2D eigenvalue weighted by Gasteiger charge is -2.25. The van der Waals surface area contributed by atoms with E-state index in [4.69, 9.17) is 4.99 Å². The third-order valence-electron chi connectivity index (χ3n) is 4.57. The molecule has 1 aromatic heterocycles. The highest BCUT2D eigenvalue weighted by Crippen LogP contribution is 2.32. The molecule has 21 heavy (non-hydrogen) atoms. The summed E-state index contributed by atoms with van der Waals surface area (Å²) in [6.45, 7) is 13.6. The summed E-state index contributed by atoms with van der Waals surface area (Å²) in [7, 11) is 0. The molecule has 0 saturated carbocycles. The zero-order valence-corrected chi connectivity index (χ0v) is 13.9. The second-order valence-electron chi connectivity index (χ2n) is 6.24. The van der Waals surface area contributed by atoms with Crippen LogP contribution in [0.15, 0.2) is 17.4 Å². The lowest BCUT2D eigenvalue weighted by molar-refractivity contribution is 0.322. The maximum Gasteiger partial charge on any atom is 0.193 e. The van der Waals surface area contributed by atoms with Gasteiger partial charge in [0, 0.05) is 38.6 Å². The number of aliphatic imine (C=N–C) groups is 1. The summed E-state index contributed by atoms with van der Waals surface area (Å²) < 4.78 is 2.15. The zero-order valence-electron chi connectivity index (χ0n) is 13.9. The van der Waals surface area contributed by atoms with E-state index in [0.717, 1.165) is 44.5 Å². The van der Waals surface area contributed by atoms with Gasteiger partial charge in [-0.3, -0.25) is 4.99 Å². The van der Waals surface area contributed by atoms with E-state index in [1.54, 1.807) is 0 Å². The van der Waals surface area contributed by atoms with E-state index in [-0.39, 0.29) is 0 Å². The molecule has 1 N–H and O–H groups in total. The lowest BCUT2D eigenvalue weighted by Crippen LogP contribution is -2.41. The Labute approximate surface area is 128 Å². The molecule has 0 aliphatic carbocycles. The maximum absolute atomic E-state index is 4.79. The quantitative estimate of drug-likeness (QED) is 0.669. The first kappa shape index (κ1) is 15.9. The molecule has 1 aromatic rings. The van der Waals surface area contributed by atoms with Crippen LogP contribution in [0.25, 0.3) is 0 Å². The first-order valence-electron chi connectivity index (χ1n) is 8.09. The molecule has 0 amide bonds. The molecule has 0 radical (unpaired) electrons. The van der Waals surface area contributed by atoms with Gasteiger partial charge in [0.05, 0.1) is 6.54 Å².